The number of rotatable bonds is 5. The summed E-state index contributed by atoms with van der Waals surface area (Å²) >= 11 is 4.94. The largest absolute Gasteiger partial charge is 0.493 e. The number of hydrogen-bond acceptors (Lipinski definition) is 5. The Morgan fingerprint density at radius 2 is 2.27 bits per heavy atom. The van der Waals surface area contributed by atoms with Crippen molar-refractivity contribution in [1.29, 1.82) is 5.26 Å². The molecule has 0 aliphatic rings. The highest BCUT2D eigenvalue weighted by atomic mass is 79.9. The van der Waals surface area contributed by atoms with E-state index in [0.717, 1.165) is 15.7 Å². The number of halogens is 1. The van der Waals surface area contributed by atoms with E-state index in [1.807, 2.05) is 31.4 Å². The van der Waals surface area contributed by atoms with E-state index in [-0.39, 0.29) is 0 Å². The summed E-state index contributed by atoms with van der Waals surface area (Å²) in [7, 11) is 1.59. The van der Waals surface area contributed by atoms with Gasteiger partial charge in [0.15, 0.2) is 11.5 Å². The number of methoxy groups -OCH3 is 1. The van der Waals surface area contributed by atoms with Crippen LogP contribution in [0.25, 0.3) is 11.6 Å². The molecule has 0 saturated heterocycles. The summed E-state index contributed by atoms with van der Waals surface area (Å²) in [6.45, 7) is 4.37. The highest BCUT2D eigenvalue weighted by Crippen LogP contribution is 2.37. The van der Waals surface area contributed by atoms with Gasteiger partial charge in [0.2, 0.25) is 0 Å². The topological polar surface area (TPSA) is 55.1 Å². The van der Waals surface area contributed by atoms with Crippen molar-refractivity contribution in [2.45, 2.75) is 13.8 Å². The summed E-state index contributed by atoms with van der Waals surface area (Å²) in [5, 5.41) is 12.0. The fourth-order valence-corrected chi connectivity index (χ4v) is 3.23. The molecule has 0 amide bonds. The quantitative estimate of drug-likeness (QED) is 0.708. The Bertz CT molecular complexity index is 747. The van der Waals surface area contributed by atoms with Gasteiger partial charge in [-0.15, -0.1) is 11.3 Å². The van der Waals surface area contributed by atoms with Crippen LogP contribution in [0.15, 0.2) is 22.0 Å². The molecule has 0 aliphatic carbocycles. The standard InChI is InChI=1S/C16H15BrN2O2S/c1-4-21-15-13(17)6-11(7-14(15)20-3)5-12(8-18)16-19-10(2)9-22-16/h5-7,9H,4H2,1-3H3/b12-5+. The lowest BCUT2D eigenvalue weighted by atomic mass is 10.1. The van der Waals surface area contributed by atoms with Crippen molar-refractivity contribution < 1.29 is 9.47 Å². The van der Waals surface area contributed by atoms with Crippen LogP contribution in [-0.4, -0.2) is 18.7 Å². The van der Waals surface area contributed by atoms with Crippen LogP contribution in [-0.2, 0) is 0 Å². The van der Waals surface area contributed by atoms with Gasteiger partial charge in [-0.25, -0.2) is 4.98 Å². The number of allylic oxidation sites excluding steroid dienone is 1. The fourth-order valence-electron chi connectivity index (χ4n) is 1.89. The Kier molecular flexibility index (Phi) is 5.58. The van der Waals surface area contributed by atoms with Gasteiger partial charge in [-0.3, -0.25) is 0 Å². The van der Waals surface area contributed by atoms with Gasteiger partial charge >= 0.3 is 0 Å². The number of ether oxygens (including phenoxy) is 2. The molecule has 0 saturated carbocycles. The summed E-state index contributed by atoms with van der Waals surface area (Å²) in [6.07, 6.45) is 1.79. The molecule has 0 bridgehead atoms. The molecule has 0 N–H and O–H groups in total. The lowest BCUT2D eigenvalue weighted by Gasteiger charge is -2.12. The molecule has 114 valence electrons. The van der Waals surface area contributed by atoms with Gasteiger partial charge in [0, 0.05) is 11.1 Å². The van der Waals surface area contributed by atoms with E-state index >= 15 is 0 Å². The Morgan fingerprint density at radius 3 is 2.82 bits per heavy atom. The van der Waals surface area contributed by atoms with Gasteiger partial charge in [0.05, 0.1) is 23.8 Å². The SMILES string of the molecule is CCOc1c(Br)cc(/C=C(\C#N)c2nc(C)cs2)cc1OC. The predicted octanol–water partition coefficient (Wildman–Crippen LogP) is 4.69. The molecule has 0 fully saturated rings. The van der Waals surface area contributed by atoms with E-state index in [4.69, 9.17) is 9.47 Å². The van der Waals surface area contributed by atoms with Crippen molar-refractivity contribution in [1.82, 2.24) is 4.98 Å². The zero-order valence-corrected chi connectivity index (χ0v) is 14.9. The number of benzene rings is 1. The molecule has 0 aliphatic heterocycles. The molecule has 1 aromatic heterocycles. The third kappa shape index (κ3) is 3.67. The van der Waals surface area contributed by atoms with Gasteiger partial charge in [-0.05, 0) is 53.5 Å². The van der Waals surface area contributed by atoms with Crippen molar-refractivity contribution >= 4 is 38.9 Å². The number of nitriles is 1. The van der Waals surface area contributed by atoms with Crippen molar-refractivity contribution in [3.05, 3.63) is 38.3 Å². The lowest BCUT2D eigenvalue weighted by molar-refractivity contribution is 0.309. The normalized spacial score (nSPS) is 11.1. The van der Waals surface area contributed by atoms with Gasteiger partial charge in [0.1, 0.15) is 11.1 Å². The lowest BCUT2D eigenvalue weighted by Crippen LogP contribution is -1.97. The van der Waals surface area contributed by atoms with E-state index in [1.54, 1.807) is 13.2 Å². The number of aryl methyl sites for hydroxylation is 1. The Hall–Kier alpha value is -1.84. The third-order valence-corrected chi connectivity index (χ3v) is 4.40. The molecule has 1 heterocycles. The maximum Gasteiger partial charge on any atom is 0.175 e. The number of hydrogen-bond donors (Lipinski definition) is 0. The minimum atomic E-state index is 0.524. The second-order valence-electron chi connectivity index (χ2n) is 4.43. The maximum atomic E-state index is 9.37. The molecular formula is C16H15BrN2O2S. The Balaban J connectivity index is 2.46. The molecule has 4 nitrogen and oxygen atoms in total. The van der Waals surface area contributed by atoms with E-state index in [1.165, 1.54) is 11.3 Å². The number of thiazole rings is 1. The first-order valence-corrected chi connectivity index (χ1v) is 8.31. The summed E-state index contributed by atoms with van der Waals surface area (Å²) < 4.78 is 11.7. The zero-order valence-electron chi connectivity index (χ0n) is 12.5. The molecule has 1 aromatic carbocycles. The van der Waals surface area contributed by atoms with Crippen LogP contribution in [0, 0.1) is 18.3 Å². The Morgan fingerprint density at radius 1 is 1.50 bits per heavy atom. The van der Waals surface area contributed by atoms with Crippen molar-refractivity contribution in [3.63, 3.8) is 0 Å². The highest BCUT2D eigenvalue weighted by Gasteiger charge is 2.12. The third-order valence-electron chi connectivity index (χ3n) is 2.82. The Labute approximate surface area is 142 Å². The number of nitrogens with zero attached hydrogens (tertiary/aromatic N) is 2. The smallest absolute Gasteiger partial charge is 0.175 e. The molecule has 2 rings (SSSR count). The fraction of sp³-hybridized carbons (Fsp3) is 0.250. The predicted molar refractivity (Wildman–Crippen MR) is 92.2 cm³/mol. The molecule has 6 heteroatoms. The van der Waals surface area contributed by atoms with E-state index in [9.17, 15) is 5.26 Å². The van der Waals surface area contributed by atoms with E-state index < -0.39 is 0 Å². The van der Waals surface area contributed by atoms with Crippen molar-refractivity contribution in [2.75, 3.05) is 13.7 Å². The monoisotopic (exact) mass is 378 g/mol. The summed E-state index contributed by atoms with van der Waals surface area (Å²) in [5.41, 5.74) is 2.28. The first kappa shape index (κ1) is 16.5. The summed E-state index contributed by atoms with van der Waals surface area (Å²) in [4.78, 5) is 4.35. The van der Waals surface area contributed by atoms with E-state index in [2.05, 4.69) is 27.0 Å². The molecule has 0 radical (unpaired) electrons. The summed E-state index contributed by atoms with van der Waals surface area (Å²) in [6, 6.07) is 5.93. The van der Waals surface area contributed by atoms with Crippen LogP contribution in [0.1, 0.15) is 23.2 Å². The molecule has 2 aromatic rings. The highest BCUT2D eigenvalue weighted by molar-refractivity contribution is 9.10. The first-order valence-electron chi connectivity index (χ1n) is 6.63. The molecule has 0 unspecified atom stereocenters. The average molecular weight is 379 g/mol. The van der Waals surface area contributed by atoms with Crippen molar-refractivity contribution in [3.8, 4) is 17.6 Å². The first-order chi connectivity index (χ1) is 10.6. The zero-order chi connectivity index (χ0) is 16.1. The second kappa shape index (κ2) is 7.43. The van der Waals surface area contributed by atoms with E-state index in [0.29, 0.717) is 28.7 Å². The van der Waals surface area contributed by atoms with Gasteiger partial charge in [-0.1, -0.05) is 0 Å². The van der Waals surface area contributed by atoms with Crippen LogP contribution < -0.4 is 9.47 Å². The average Bonchev–Trinajstić information content (AvgIpc) is 2.93. The van der Waals surface area contributed by atoms with Crippen LogP contribution in [0.3, 0.4) is 0 Å². The molecule has 0 atom stereocenters. The van der Waals surface area contributed by atoms with Crippen LogP contribution >= 0.6 is 27.3 Å². The van der Waals surface area contributed by atoms with Gasteiger partial charge < -0.3 is 9.47 Å². The van der Waals surface area contributed by atoms with Crippen LogP contribution in [0.2, 0.25) is 0 Å². The van der Waals surface area contributed by atoms with Gasteiger partial charge in [-0.2, -0.15) is 5.26 Å². The summed E-state index contributed by atoms with van der Waals surface area (Å²) in [5.74, 6) is 1.28. The van der Waals surface area contributed by atoms with Crippen LogP contribution in [0.4, 0.5) is 0 Å². The minimum Gasteiger partial charge on any atom is -0.493 e. The second-order valence-corrected chi connectivity index (χ2v) is 6.14. The minimum absolute atomic E-state index is 0.524. The van der Waals surface area contributed by atoms with Crippen molar-refractivity contribution in [2.24, 2.45) is 0 Å². The molecule has 0 spiro atoms. The number of aromatic nitrogens is 1. The molecular weight excluding hydrogens is 364 g/mol. The molecule has 22 heavy (non-hydrogen) atoms. The maximum absolute atomic E-state index is 9.37. The van der Waals surface area contributed by atoms with Gasteiger partial charge in [0.25, 0.3) is 0 Å². The van der Waals surface area contributed by atoms with Crippen LogP contribution in [0.5, 0.6) is 11.5 Å².